The lowest BCUT2D eigenvalue weighted by Crippen LogP contribution is -2.33. The third kappa shape index (κ3) is 2.50. The van der Waals surface area contributed by atoms with Gasteiger partial charge in [0.25, 0.3) is 0 Å². The number of ether oxygens (including phenoxy) is 1. The number of nitrogens with two attached hydrogens (primary N) is 1. The zero-order chi connectivity index (χ0) is 13.3. The second kappa shape index (κ2) is 4.64. The van der Waals surface area contributed by atoms with Crippen LogP contribution in [0.15, 0.2) is 12.1 Å². The molecule has 1 fully saturated rings. The number of nitrogens with zero attached hydrogens (tertiary/aromatic N) is 2. The first-order chi connectivity index (χ1) is 8.43. The van der Waals surface area contributed by atoms with Crippen LogP contribution in [0.5, 0.6) is 5.88 Å². The third-order valence-corrected chi connectivity index (χ3v) is 4.94. The topological polar surface area (TPSA) is 85.5 Å². The number of sulfone groups is 1. The zero-order valence-corrected chi connectivity index (χ0v) is 11.3. The molecular formula is C11H17N3O3S. The number of methoxy groups -OCH3 is 1. The smallest absolute Gasteiger partial charge is 0.238 e. The second-order valence-electron chi connectivity index (χ2n) is 4.44. The Labute approximate surface area is 107 Å². The number of nitrogen functional groups attached to an aromatic ring is 1. The summed E-state index contributed by atoms with van der Waals surface area (Å²) in [5, 5.41) is 0. The van der Waals surface area contributed by atoms with Crippen LogP contribution in [0, 0.1) is 0 Å². The Bertz CT molecular complexity index is 544. The number of pyridine rings is 1. The van der Waals surface area contributed by atoms with Gasteiger partial charge in [-0.1, -0.05) is 0 Å². The quantitative estimate of drug-likeness (QED) is 0.850. The van der Waals surface area contributed by atoms with Crippen molar-refractivity contribution in [2.45, 2.75) is 12.5 Å². The number of aromatic nitrogens is 1. The van der Waals surface area contributed by atoms with Crippen molar-refractivity contribution in [1.82, 2.24) is 4.98 Å². The van der Waals surface area contributed by atoms with Crippen LogP contribution in [0.4, 0.5) is 11.5 Å². The molecule has 0 amide bonds. The minimum Gasteiger partial charge on any atom is -0.479 e. The molecule has 1 aliphatic heterocycles. The molecule has 1 aromatic heterocycles. The Morgan fingerprint density at radius 1 is 1.50 bits per heavy atom. The summed E-state index contributed by atoms with van der Waals surface area (Å²) in [6.45, 7) is 0. The standard InChI is InChI=1S/C11H17N3O3S/c1-14(8-5-6-18(15,16)7-8)10-4-3-9(12)11(13-10)17-2/h3-4,8H,5-7,12H2,1-2H3. The van der Waals surface area contributed by atoms with Crippen LogP contribution in [0.1, 0.15) is 6.42 Å². The molecule has 7 heteroatoms. The highest BCUT2D eigenvalue weighted by Gasteiger charge is 2.31. The summed E-state index contributed by atoms with van der Waals surface area (Å²) in [6, 6.07) is 3.44. The Kier molecular flexibility index (Phi) is 3.34. The SMILES string of the molecule is COc1nc(N(C)C2CCS(=O)(=O)C2)ccc1N. The summed E-state index contributed by atoms with van der Waals surface area (Å²) in [4.78, 5) is 6.13. The second-order valence-corrected chi connectivity index (χ2v) is 6.66. The lowest BCUT2D eigenvalue weighted by molar-refractivity contribution is 0.400. The molecule has 0 aliphatic carbocycles. The van der Waals surface area contributed by atoms with Gasteiger partial charge in [0.1, 0.15) is 5.82 Å². The van der Waals surface area contributed by atoms with Gasteiger partial charge in [-0.05, 0) is 18.6 Å². The van der Waals surface area contributed by atoms with Gasteiger partial charge in [0, 0.05) is 13.1 Å². The lowest BCUT2D eigenvalue weighted by atomic mass is 10.2. The van der Waals surface area contributed by atoms with Gasteiger partial charge in [0.2, 0.25) is 5.88 Å². The molecule has 6 nitrogen and oxygen atoms in total. The van der Waals surface area contributed by atoms with E-state index < -0.39 is 9.84 Å². The number of rotatable bonds is 3. The van der Waals surface area contributed by atoms with Crippen LogP contribution in [-0.4, -0.2) is 45.1 Å². The van der Waals surface area contributed by atoms with Crippen molar-refractivity contribution in [1.29, 1.82) is 0 Å². The van der Waals surface area contributed by atoms with E-state index in [1.54, 1.807) is 12.1 Å². The number of hydrogen-bond donors (Lipinski definition) is 1. The molecule has 0 spiro atoms. The fourth-order valence-electron chi connectivity index (χ4n) is 2.07. The minimum atomic E-state index is -2.90. The summed E-state index contributed by atoms with van der Waals surface area (Å²) >= 11 is 0. The molecule has 1 aromatic rings. The average molecular weight is 271 g/mol. The van der Waals surface area contributed by atoms with Gasteiger partial charge in [-0.2, -0.15) is 4.98 Å². The van der Waals surface area contributed by atoms with E-state index in [1.807, 2.05) is 11.9 Å². The molecule has 1 atom stereocenters. The first-order valence-electron chi connectivity index (χ1n) is 5.67. The molecule has 0 bridgehead atoms. The van der Waals surface area contributed by atoms with Crippen molar-refractivity contribution < 1.29 is 13.2 Å². The summed E-state index contributed by atoms with van der Waals surface area (Å²) in [5.41, 5.74) is 6.16. The average Bonchev–Trinajstić information content (AvgIpc) is 2.69. The molecular weight excluding hydrogens is 254 g/mol. The maximum Gasteiger partial charge on any atom is 0.238 e. The van der Waals surface area contributed by atoms with Crippen LogP contribution < -0.4 is 15.4 Å². The van der Waals surface area contributed by atoms with Crippen molar-refractivity contribution in [3.8, 4) is 5.88 Å². The first kappa shape index (κ1) is 12.9. The van der Waals surface area contributed by atoms with E-state index in [2.05, 4.69) is 4.98 Å². The van der Waals surface area contributed by atoms with Crippen molar-refractivity contribution in [2.75, 3.05) is 36.3 Å². The molecule has 1 saturated heterocycles. The van der Waals surface area contributed by atoms with E-state index in [-0.39, 0.29) is 17.5 Å². The van der Waals surface area contributed by atoms with Crippen LogP contribution in [0.25, 0.3) is 0 Å². The van der Waals surface area contributed by atoms with Gasteiger partial charge in [0.05, 0.1) is 24.3 Å². The van der Waals surface area contributed by atoms with Crippen LogP contribution in [0.3, 0.4) is 0 Å². The first-order valence-corrected chi connectivity index (χ1v) is 7.49. The van der Waals surface area contributed by atoms with Crippen molar-refractivity contribution in [3.63, 3.8) is 0 Å². The summed E-state index contributed by atoms with van der Waals surface area (Å²) in [7, 11) is 0.442. The monoisotopic (exact) mass is 271 g/mol. The predicted octanol–water partition coefficient (Wildman–Crippen LogP) is 0.296. The molecule has 18 heavy (non-hydrogen) atoms. The predicted molar refractivity (Wildman–Crippen MR) is 70.7 cm³/mol. The largest absolute Gasteiger partial charge is 0.479 e. The maximum atomic E-state index is 11.5. The van der Waals surface area contributed by atoms with E-state index in [0.29, 0.717) is 23.8 Å². The van der Waals surface area contributed by atoms with Crippen molar-refractivity contribution in [3.05, 3.63) is 12.1 Å². The van der Waals surface area contributed by atoms with E-state index in [9.17, 15) is 8.42 Å². The van der Waals surface area contributed by atoms with Gasteiger partial charge in [-0.25, -0.2) is 8.42 Å². The molecule has 2 rings (SSSR count). The Hall–Kier alpha value is -1.50. The fourth-order valence-corrected chi connectivity index (χ4v) is 3.84. The van der Waals surface area contributed by atoms with Crippen LogP contribution in [0.2, 0.25) is 0 Å². The highest BCUT2D eigenvalue weighted by Crippen LogP contribution is 2.26. The minimum absolute atomic E-state index is 0.0316. The normalized spacial score (nSPS) is 21.8. The molecule has 2 heterocycles. The van der Waals surface area contributed by atoms with E-state index in [0.717, 1.165) is 0 Å². The summed E-state index contributed by atoms with van der Waals surface area (Å²) in [6.07, 6.45) is 0.632. The molecule has 100 valence electrons. The Morgan fingerprint density at radius 2 is 2.22 bits per heavy atom. The Morgan fingerprint density at radius 3 is 2.78 bits per heavy atom. The summed E-state index contributed by atoms with van der Waals surface area (Å²) < 4.78 is 28.0. The highest BCUT2D eigenvalue weighted by molar-refractivity contribution is 7.91. The van der Waals surface area contributed by atoms with Crippen molar-refractivity contribution in [2.24, 2.45) is 0 Å². The van der Waals surface area contributed by atoms with E-state index in [4.69, 9.17) is 10.5 Å². The van der Waals surface area contributed by atoms with Gasteiger partial charge in [-0.3, -0.25) is 0 Å². The molecule has 1 aliphatic rings. The highest BCUT2D eigenvalue weighted by atomic mass is 32.2. The molecule has 0 radical (unpaired) electrons. The van der Waals surface area contributed by atoms with Crippen LogP contribution in [-0.2, 0) is 9.84 Å². The molecule has 0 aromatic carbocycles. The number of anilines is 2. The van der Waals surface area contributed by atoms with Gasteiger partial charge < -0.3 is 15.4 Å². The fraction of sp³-hybridized carbons (Fsp3) is 0.545. The lowest BCUT2D eigenvalue weighted by Gasteiger charge is -2.24. The van der Waals surface area contributed by atoms with E-state index in [1.165, 1.54) is 7.11 Å². The molecule has 0 saturated carbocycles. The molecule has 2 N–H and O–H groups in total. The maximum absolute atomic E-state index is 11.5. The number of hydrogen-bond acceptors (Lipinski definition) is 6. The zero-order valence-electron chi connectivity index (χ0n) is 10.5. The van der Waals surface area contributed by atoms with E-state index >= 15 is 0 Å². The van der Waals surface area contributed by atoms with Gasteiger partial charge in [-0.15, -0.1) is 0 Å². The van der Waals surface area contributed by atoms with Gasteiger partial charge in [0.15, 0.2) is 9.84 Å². The van der Waals surface area contributed by atoms with Crippen LogP contribution >= 0.6 is 0 Å². The van der Waals surface area contributed by atoms with Gasteiger partial charge >= 0.3 is 0 Å². The molecule has 1 unspecified atom stereocenters. The van der Waals surface area contributed by atoms with Crippen molar-refractivity contribution >= 4 is 21.3 Å². The summed E-state index contributed by atoms with van der Waals surface area (Å²) in [5.74, 6) is 1.45. The Balaban J connectivity index is 2.21. The third-order valence-electron chi connectivity index (χ3n) is 3.19.